The van der Waals surface area contributed by atoms with Crippen LogP contribution in [-0.2, 0) is 4.74 Å². The van der Waals surface area contributed by atoms with Crippen LogP contribution < -0.4 is 0 Å². The van der Waals surface area contributed by atoms with Gasteiger partial charge in [0, 0.05) is 6.20 Å². The Morgan fingerprint density at radius 1 is 1.41 bits per heavy atom. The number of aromatic amines is 1. The second-order valence-electron chi connectivity index (χ2n) is 3.46. The minimum absolute atomic E-state index is 0.156. The summed E-state index contributed by atoms with van der Waals surface area (Å²) < 4.78 is 4.88. The highest BCUT2D eigenvalue weighted by Gasteiger charge is 2.19. The molecule has 0 atom stereocenters. The fraction of sp³-hybridized carbons (Fsp3) is 0.273. The third-order valence-corrected chi connectivity index (χ3v) is 2.17. The van der Waals surface area contributed by atoms with Gasteiger partial charge in [0.05, 0.1) is 12.3 Å². The summed E-state index contributed by atoms with van der Waals surface area (Å²) in [6, 6.07) is 3.68. The Morgan fingerprint density at radius 2 is 2.24 bits per heavy atom. The van der Waals surface area contributed by atoms with E-state index in [-0.39, 0.29) is 5.69 Å². The maximum absolute atomic E-state index is 11.6. The van der Waals surface area contributed by atoms with Crippen LogP contribution in [0.4, 0.5) is 0 Å². The van der Waals surface area contributed by atoms with Gasteiger partial charge in [-0.1, -0.05) is 6.07 Å². The Kier molecular flexibility index (Phi) is 3.13. The minimum atomic E-state index is -0.501. The average Bonchev–Trinajstić information content (AvgIpc) is 2.79. The Balaban J connectivity index is 2.36. The van der Waals surface area contributed by atoms with Crippen LogP contribution in [0, 0.1) is 6.92 Å². The summed E-state index contributed by atoms with van der Waals surface area (Å²) in [5.74, 6) is -0.501. The second-order valence-corrected chi connectivity index (χ2v) is 3.46. The first-order valence-electron chi connectivity index (χ1n) is 5.23. The third-order valence-electron chi connectivity index (χ3n) is 2.17. The molecule has 0 amide bonds. The molecule has 6 nitrogen and oxygen atoms in total. The van der Waals surface area contributed by atoms with Crippen LogP contribution in [0.3, 0.4) is 0 Å². The molecule has 2 aromatic rings. The van der Waals surface area contributed by atoms with Crippen molar-refractivity contribution in [1.29, 1.82) is 0 Å². The predicted molar refractivity (Wildman–Crippen MR) is 60.3 cm³/mol. The first kappa shape index (κ1) is 11.3. The topological polar surface area (TPSA) is 80.8 Å². The molecule has 0 aliphatic heterocycles. The molecule has 2 rings (SSSR count). The van der Waals surface area contributed by atoms with Crippen molar-refractivity contribution in [3.8, 4) is 11.4 Å². The lowest BCUT2D eigenvalue weighted by atomic mass is 10.2. The van der Waals surface area contributed by atoms with Gasteiger partial charge in [-0.15, -0.1) is 5.10 Å². The van der Waals surface area contributed by atoms with E-state index in [4.69, 9.17) is 4.74 Å². The highest BCUT2D eigenvalue weighted by molar-refractivity contribution is 5.93. The molecule has 0 saturated carbocycles. The van der Waals surface area contributed by atoms with E-state index >= 15 is 0 Å². The Morgan fingerprint density at radius 3 is 2.88 bits per heavy atom. The molecule has 0 radical (unpaired) electrons. The maximum Gasteiger partial charge on any atom is 0.361 e. The molecule has 6 heteroatoms. The maximum atomic E-state index is 11.6. The number of H-pyrrole nitrogens is 1. The van der Waals surface area contributed by atoms with Gasteiger partial charge in [0.25, 0.3) is 0 Å². The van der Waals surface area contributed by atoms with E-state index in [1.54, 1.807) is 19.2 Å². The molecule has 0 fully saturated rings. The first-order chi connectivity index (χ1) is 8.22. The van der Waals surface area contributed by atoms with Crippen molar-refractivity contribution in [3.63, 3.8) is 0 Å². The number of hydrogen-bond acceptors (Lipinski definition) is 5. The summed E-state index contributed by atoms with van der Waals surface area (Å²) in [6.07, 6.45) is 1.71. The van der Waals surface area contributed by atoms with Gasteiger partial charge in [-0.25, -0.2) is 4.79 Å². The standard InChI is InChI=1S/C11H12N4O2/c1-3-17-11(16)10-9(13-15-14-10)8-5-4-7(2)6-12-8/h4-6H,3H2,1-2H3,(H,13,14,15). The van der Waals surface area contributed by atoms with Gasteiger partial charge in [0.2, 0.25) is 0 Å². The number of rotatable bonds is 3. The zero-order valence-corrected chi connectivity index (χ0v) is 9.60. The molecule has 0 aromatic carbocycles. The van der Waals surface area contributed by atoms with E-state index in [2.05, 4.69) is 20.4 Å². The van der Waals surface area contributed by atoms with Crippen LogP contribution in [0.15, 0.2) is 18.3 Å². The van der Waals surface area contributed by atoms with E-state index in [0.29, 0.717) is 18.0 Å². The van der Waals surface area contributed by atoms with Gasteiger partial charge in [-0.2, -0.15) is 10.3 Å². The van der Waals surface area contributed by atoms with Gasteiger partial charge < -0.3 is 4.74 Å². The van der Waals surface area contributed by atoms with Crippen molar-refractivity contribution in [3.05, 3.63) is 29.6 Å². The van der Waals surface area contributed by atoms with E-state index in [1.807, 2.05) is 13.0 Å². The summed E-state index contributed by atoms with van der Waals surface area (Å²) >= 11 is 0. The fourth-order valence-electron chi connectivity index (χ4n) is 1.36. The summed E-state index contributed by atoms with van der Waals surface area (Å²) in [5, 5.41) is 10.1. The van der Waals surface area contributed by atoms with Crippen LogP contribution in [-0.4, -0.2) is 33.0 Å². The number of aromatic nitrogens is 4. The Bertz CT molecular complexity index is 519. The number of pyridine rings is 1. The largest absolute Gasteiger partial charge is 0.461 e. The second kappa shape index (κ2) is 4.73. The Hall–Kier alpha value is -2.24. The van der Waals surface area contributed by atoms with Crippen molar-refractivity contribution in [1.82, 2.24) is 20.4 Å². The van der Waals surface area contributed by atoms with E-state index in [1.165, 1.54) is 0 Å². The quantitative estimate of drug-likeness (QED) is 0.808. The summed E-state index contributed by atoms with van der Waals surface area (Å²) in [6.45, 7) is 3.97. The van der Waals surface area contributed by atoms with Gasteiger partial charge >= 0.3 is 5.97 Å². The smallest absolute Gasteiger partial charge is 0.361 e. The minimum Gasteiger partial charge on any atom is -0.461 e. The average molecular weight is 232 g/mol. The molecule has 1 N–H and O–H groups in total. The zero-order valence-electron chi connectivity index (χ0n) is 9.60. The van der Waals surface area contributed by atoms with Crippen molar-refractivity contribution in [2.24, 2.45) is 0 Å². The van der Waals surface area contributed by atoms with Gasteiger partial charge in [0.1, 0.15) is 5.69 Å². The molecule has 2 aromatic heterocycles. The van der Waals surface area contributed by atoms with Crippen LogP contribution in [0.2, 0.25) is 0 Å². The molecule has 0 saturated heterocycles. The third kappa shape index (κ3) is 2.30. The predicted octanol–water partition coefficient (Wildman–Crippen LogP) is 1.35. The molecule has 0 unspecified atom stereocenters. The molecule has 2 heterocycles. The number of hydrogen-bond donors (Lipinski definition) is 1. The lowest BCUT2D eigenvalue weighted by Crippen LogP contribution is -2.07. The summed E-state index contributed by atoms with van der Waals surface area (Å²) in [4.78, 5) is 15.8. The highest BCUT2D eigenvalue weighted by atomic mass is 16.5. The van der Waals surface area contributed by atoms with Crippen molar-refractivity contribution in [2.45, 2.75) is 13.8 Å². The van der Waals surface area contributed by atoms with E-state index < -0.39 is 5.97 Å². The summed E-state index contributed by atoms with van der Waals surface area (Å²) in [5.41, 5.74) is 2.19. The zero-order chi connectivity index (χ0) is 12.3. The molecule has 0 bridgehead atoms. The van der Waals surface area contributed by atoms with Crippen molar-refractivity contribution < 1.29 is 9.53 Å². The monoisotopic (exact) mass is 232 g/mol. The highest BCUT2D eigenvalue weighted by Crippen LogP contribution is 2.17. The Labute approximate surface area is 98.0 Å². The molecular formula is C11H12N4O2. The number of nitrogens with zero attached hydrogens (tertiary/aromatic N) is 3. The van der Waals surface area contributed by atoms with Gasteiger partial charge in [0.15, 0.2) is 5.69 Å². The lowest BCUT2D eigenvalue weighted by molar-refractivity contribution is 0.0520. The molecule has 17 heavy (non-hydrogen) atoms. The van der Waals surface area contributed by atoms with Crippen LogP contribution in [0.5, 0.6) is 0 Å². The number of nitrogens with one attached hydrogen (secondary N) is 1. The lowest BCUT2D eigenvalue weighted by Gasteiger charge is -2.00. The van der Waals surface area contributed by atoms with Crippen LogP contribution in [0.25, 0.3) is 11.4 Å². The summed E-state index contributed by atoms with van der Waals surface area (Å²) in [7, 11) is 0. The van der Waals surface area contributed by atoms with Gasteiger partial charge in [-0.3, -0.25) is 4.98 Å². The van der Waals surface area contributed by atoms with E-state index in [9.17, 15) is 4.79 Å². The van der Waals surface area contributed by atoms with Crippen molar-refractivity contribution >= 4 is 5.97 Å². The number of ether oxygens (including phenoxy) is 1. The molecule has 0 aliphatic carbocycles. The first-order valence-corrected chi connectivity index (χ1v) is 5.23. The molecular weight excluding hydrogens is 220 g/mol. The number of aryl methyl sites for hydroxylation is 1. The molecule has 88 valence electrons. The SMILES string of the molecule is CCOC(=O)c1n[nH]nc1-c1ccc(C)cn1. The molecule has 0 aliphatic rings. The van der Waals surface area contributed by atoms with Crippen LogP contribution >= 0.6 is 0 Å². The molecule has 0 spiro atoms. The number of carbonyl (C=O) groups is 1. The van der Waals surface area contributed by atoms with E-state index in [0.717, 1.165) is 5.56 Å². The fourth-order valence-corrected chi connectivity index (χ4v) is 1.36. The van der Waals surface area contributed by atoms with Crippen LogP contribution in [0.1, 0.15) is 23.0 Å². The normalized spacial score (nSPS) is 10.2. The van der Waals surface area contributed by atoms with Crippen molar-refractivity contribution in [2.75, 3.05) is 6.61 Å². The number of esters is 1. The number of carbonyl (C=O) groups excluding carboxylic acids is 1. The van der Waals surface area contributed by atoms with Gasteiger partial charge in [-0.05, 0) is 25.5 Å².